The van der Waals surface area contributed by atoms with Crippen molar-refractivity contribution in [1.29, 1.82) is 0 Å². The van der Waals surface area contributed by atoms with E-state index in [1.54, 1.807) is 0 Å². The average Bonchev–Trinajstić information content (AvgIpc) is 2.28. The van der Waals surface area contributed by atoms with Crippen molar-refractivity contribution in [2.75, 3.05) is 27.7 Å². The van der Waals surface area contributed by atoms with Gasteiger partial charge in [-0.3, -0.25) is 0 Å². The molecule has 2 rings (SSSR count). The van der Waals surface area contributed by atoms with Gasteiger partial charge in [0.15, 0.2) is 0 Å². The molecule has 1 heterocycles. The fraction of sp³-hybridized carbons (Fsp3) is 1.00. The molecule has 106 valence electrons. The zero-order valence-corrected chi connectivity index (χ0v) is 12.8. The van der Waals surface area contributed by atoms with Crippen molar-refractivity contribution in [3.8, 4) is 0 Å². The molecule has 1 aliphatic carbocycles. The summed E-state index contributed by atoms with van der Waals surface area (Å²) in [4.78, 5) is 2.34. The Morgan fingerprint density at radius 1 is 1.33 bits per heavy atom. The van der Waals surface area contributed by atoms with Crippen LogP contribution in [-0.4, -0.2) is 49.8 Å². The van der Waals surface area contributed by atoms with E-state index in [1.165, 1.54) is 32.1 Å². The van der Waals surface area contributed by atoms with E-state index in [2.05, 4.69) is 45.2 Å². The third-order valence-corrected chi connectivity index (χ3v) is 5.49. The molecule has 1 spiro atoms. The van der Waals surface area contributed by atoms with E-state index in [-0.39, 0.29) is 11.1 Å². The van der Waals surface area contributed by atoms with Gasteiger partial charge in [-0.2, -0.15) is 0 Å². The van der Waals surface area contributed by atoms with E-state index < -0.39 is 0 Å². The van der Waals surface area contributed by atoms with Crippen molar-refractivity contribution in [3.63, 3.8) is 0 Å². The van der Waals surface area contributed by atoms with Gasteiger partial charge in [0.1, 0.15) is 0 Å². The molecule has 2 aliphatic rings. The molecular formula is C15H30N2O. The minimum absolute atomic E-state index is 0.182. The summed E-state index contributed by atoms with van der Waals surface area (Å²) in [6.07, 6.45) is 6.36. The van der Waals surface area contributed by atoms with Crippen LogP contribution in [0.3, 0.4) is 0 Å². The van der Waals surface area contributed by atoms with Crippen LogP contribution in [0, 0.1) is 5.92 Å². The molecule has 1 saturated heterocycles. The topological polar surface area (TPSA) is 24.5 Å². The van der Waals surface area contributed by atoms with Crippen molar-refractivity contribution < 1.29 is 4.74 Å². The summed E-state index contributed by atoms with van der Waals surface area (Å²) in [5.41, 5.74) is 0.433. The van der Waals surface area contributed by atoms with Crippen LogP contribution in [0.2, 0.25) is 0 Å². The Bertz CT molecular complexity index is 284. The lowest BCUT2D eigenvalue weighted by atomic mass is 9.68. The highest BCUT2D eigenvalue weighted by Gasteiger charge is 2.47. The molecule has 2 atom stereocenters. The summed E-state index contributed by atoms with van der Waals surface area (Å²) in [7, 11) is 6.48. The van der Waals surface area contributed by atoms with Gasteiger partial charge in [-0.1, -0.05) is 0 Å². The fourth-order valence-corrected chi connectivity index (χ4v) is 3.71. The van der Waals surface area contributed by atoms with Gasteiger partial charge in [-0.05, 0) is 73.0 Å². The molecule has 0 amide bonds. The highest BCUT2D eigenvalue weighted by molar-refractivity contribution is 5.01. The quantitative estimate of drug-likeness (QED) is 0.833. The second-order valence-electron chi connectivity index (χ2n) is 6.95. The van der Waals surface area contributed by atoms with Crippen LogP contribution in [0.5, 0.6) is 0 Å². The third-order valence-electron chi connectivity index (χ3n) is 5.49. The fourth-order valence-electron chi connectivity index (χ4n) is 3.71. The van der Waals surface area contributed by atoms with E-state index in [1.807, 2.05) is 0 Å². The molecule has 1 saturated carbocycles. The second kappa shape index (κ2) is 5.10. The number of ether oxygens (including phenoxy) is 1. The van der Waals surface area contributed by atoms with Crippen molar-refractivity contribution in [1.82, 2.24) is 10.2 Å². The molecule has 3 heteroatoms. The third kappa shape index (κ3) is 2.45. The molecule has 0 aromatic carbocycles. The molecule has 3 nitrogen and oxygen atoms in total. The lowest BCUT2D eigenvalue weighted by Crippen LogP contribution is -2.60. The Morgan fingerprint density at radius 3 is 2.44 bits per heavy atom. The molecular weight excluding hydrogens is 224 g/mol. The van der Waals surface area contributed by atoms with Crippen LogP contribution in [0.15, 0.2) is 0 Å². The smallest absolute Gasteiger partial charge is 0.0685 e. The molecule has 0 aromatic heterocycles. The maximum absolute atomic E-state index is 6.06. The monoisotopic (exact) mass is 254 g/mol. The highest BCUT2D eigenvalue weighted by Crippen LogP contribution is 2.46. The van der Waals surface area contributed by atoms with Gasteiger partial charge in [0, 0.05) is 18.2 Å². The Balaban J connectivity index is 2.07. The first-order valence-corrected chi connectivity index (χ1v) is 7.40. The molecule has 1 N–H and O–H groups in total. The summed E-state index contributed by atoms with van der Waals surface area (Å²) in [5.74, 6) is 0.737. The Labute approximate surface area is 112 Å². The summed E-state index contributed by atoms with van der Waals surface area (Å²) < 4.78 is 6.06. The van der Waals surface area contributed by atoms with Gasteiger partial charge in [-0.25, -0.2) is 0 Å². The first-order valence-electron chi connectivity index (χ1n) is 7.40. The predicted octanol–water partition coefficient (Wildman–Crippen LogP) is 2.26. The van der Waals surface area contributed by atoms with E-state index in [0.29, 0.717) is 6.04 Å². The molecule has 0 radical (unpaired) electrons. The molecule has 2 unspecified atom stereocenters. The van der Waals surface area contributed by atoms with E-state index in [4.69, 9.17) is 4.74 Å². The Morgan fingerprint density at radius 2 is 2.00 bits per heavy atom. The average molecular weight is 254 g/mol. The van der Waals surface area contributed by atoms with Gasteiger partial charge < -0.3 is 15.0 Å². The van der Waals surface area contributed by atoms with Crippen molar-refractivity contribution in [2.45, 2.75) is 63.1 Å². The standard InChI is InChI=1S/C15H30N2O/c1-14(2,17(4)5)13(16-3)12-7-10-18-15(11-12)8-6-9-15/h12-13,16H,6-11H2,1-5H3. The van der Waals surface area contributed by atoms with E-state index >= 15 is 0 Å². The van der Waals surface area contributed by atoms with Crippen LogP contribution < -0.4 is 5.32 Å². The van der Waals surface area contributed by atoms with Crippen LogP contribution >= 0.6 is 0 Å². The lowest BCUT2D eigenvalue weighted by Gasteiger charge is -2.52. The van der Waals surface area contributed by atoms with Gasteiger partial charge in [0.2, 0.25) is 0 Å². The SMILES string of the molecule is CNC(C1CCOC2(CCC2)C1)C(C)(C)N(C)C. The summed E-state index contributed by atoms with van der Waals surface area (Å²) in [6, 6.07) is 0.536. The summed E-state index contributed by atoms with van der Waals surface area (Å²) >= 11 is 0. The molecule has 18 heavy (non-hydrogen) atoms. The second-order valence-corrected chi connectivity index (χ2v) is 6.95. The van der Waals surface area contributed by atoms with E-state index in [9.17, 15) is 0 Å². The van der Waals surface area contributed by atoms with Crippen LogP contribution in [0.25, 0.3) is 0 Å². The zero-order valence-electron chi connectivity index (χ0n) is 12.8. The van der Waals surface area contributed by atoms with Gasteiger partial charge in [-0.15, -0.1) is 0 Å². The van der Waals surface area contributed by atoms with Crippen LogP contribution in [-0.2, 0) is 4.74 Å². The van der Waals surface area contributed by atoms with Crippen molar-refractivity contribution in [2.24, 2.45) is 5.92 Å². The summed E-state index contributed by atoms with van der Waals surface area (Å²) in [5, 5.41) is 3.58. The van der Waals surface area contributed by atoms with Crippen LogP contribution in [0.4, 0.5) is 0 Å². The zero-order chi connectivity index (χ0) is 13.4. The molecule has 2 fully saturated rings. The number of hydrogen-bond acceptors (Lipinski definition) is 3. The molecule has 0 bridgehead atoms. The van der Waals surface area contributed by atoms with Crippen molar-refractivity contribution in [3.05, 3.63) is 0 Å². The number of nitrogens with one attached hydrogen (secondary N) is 1. The predicted molar refractivity (Wildman–Crippen MR) is 75.9 cm³/mol. The number of rotatable bonds is 4. The first-order chi connectivity index (χ1) is 8.41. The van der Waals surface area contributed by atoms with Crippen LogP contribution in [0.1, 0.15) is 46.0 Å². The highest BCUT2D eigenvalue weighted by atomic mass is 16.5. The Hall–Kier alpha value is -0.120. The molecule has 1 aliphatic heterocycles. The van der Waals surface area contributed by atoms with E-state index in [0.717, 1.165) is 12.5 Å². The largest absolute Gasteiger partial charge is 0.375 e. The van der Waals surface area contributed by atoms with Gasteiger partial charge in [0.05, 0.1) is 5.60 Å². The molecule has 0 aromatic rings. The van der Waals surface area contributed by atoms with Gasteiger partial charge >= 0.3 is 0 Å². The Kier molecular flexibility index (Phi) is 4.05. The van der Waals surface area contributed by atoms with Gasteiger partial charge in [0.25, 0.3) is 0 Å². The minimum Gasteiger partial charge on any atom is -0.375 e. The summed E-state index contributed by atoms with van der Waals surface area (Å²) in [6.45, 7) is 5.64. The maximum Gasteiger partial charge on any atom is 0.0685 e. The van der Waals surface area contributed by atoms with Crippen molar-refractivity contribution >= 4 is 0 Å². The number of nitrogens with zero attached hydrogens (tertiary/aromatic N) is 1. The number of hydrogen-bond donors (Lipinski definition) is 1. The number of likely N-dealkylation sites (N-methyl/N-ethyl adjacent to an activating group) is 2. The lowest BCUT2D eigenvalue weighted by molar-refractivity contribution is -0.151. The maximum atomic E-state index is 6.06. The first kappa shape index (κ1) is 14.3. The normalized spacial score (nSPS) is 29.3. The minimum atomic E-state index is 0.182.